The van der Waals surface area contributed by atoms with E-state index >= 15 is 0 Å². The van der Waals surface area contributed by atoms with Gasteiger partial charge in [-0.1, -0.05) is 6.07 Å². The molecule has 1 N–H and O–H groups in total. The van der Waals surface area contributed by atoms with E-state index in [1.165, 1.54) is 30.9 Å². The van der Waals surface area contributed by atoms with Gasteiger partial charge in [0, 0.05) is 18.0 Å². The second-order valence-electron chi connectivity index (χ2n) is 5.00. The van der Waals surface area contributed by atoms with Crippen LogP contribution < -0.4 is 9.46 Å². The van der Waals surface area contributed by atoms with Crippen molar-refractivity contribution in [3.8, 4) is 16.3 Å². The molecule has 0 saturated carbocycles. The molecule has 0 bridgehead atoms. The molecule has 1 aromatic carbocycles. The van der Waals surface area contributed by atoms with Crippen LogP contribution in [0, 0.1) is 6.92 Å². The maximum absolute atomic E-state index is 12.5. The van der Waals surface area contributed by atoms with Crippen molar-refractivity contribution in [2.24, 2.45) is 0 Å². The fourth-order valence-electron chi connectivity index (χ4n) is 2.14. The number of hydrogen-bond donors (Lipinski definition) is 1. The number of nitrogens with zero attached hydrogens (tertiary/aromatic N) is 3. The average molecular weight is 362 g/mol. The van der Waals surface area contributed by atoms with Gasteiger partial charge >= 0.3 is 0 Å². The van der Waals surface area contributed by atoms with Crippen molar-refractivity contribution in [2.45, 2.75) is 11.8 Å². The first kappa shape index (κ1) is 16.3. The maximum Gasteiger partial charge on any atom is 0.263 e. The van der Waals surface area contributed by atoms with Crippen LogP contribution in [-0.4, -0.2) is 30.1 Å². The van der Waals surface area contributed by atoms with Gasteiger partial charge in [-0.2, -0.15) is 5.10 Å². The van der Waals surface area contributed by atoms with Gasteiger partial charge in [0.05, 0.1) is 18.2 Å². The zero-order chi connectivity index (χ0) is 17.2. The molecule has 0 spiro atoms. The van der Waals surface area contributed by atoms with E-state index in [2.05, 4.69) is 19.3 Å². The highest BCUT2D eigenvalue weighted by molar-refractivity contribution is 7.92. The molecule has 0 atom stereocenters. The summed E-state index contributed by atoms with van der Waals surface area (Å²) in [5, 5.41) is 7.31. The first-order valence-electron chi connectivity index (χ1n) is 6.90. The highest BCUT2D eigenvalue weighted by Gasteiger charge is 2.17. The summed E-state index contributed by atoms with van der Waals surface area (Å²) in [6.45, 7) is 1.90. The molecule has 0 aliphatic rings. The van der Waals surface area contributed by atoms with Crippen molar-refractivity contribution < 1.29 is 13.2 Å². The minimum atomic E-state index is -3.79. The van der Waals surface area contributed by atoms with Crippen LogP contribution in [0.5, 0.6) is 5.88 Å². The standard InChI is InChI=1S/C15H14N4O3S2/c1-10-5-11(14-3-4-17-23-14)7-12(6-10)19-24(20,21)13-8-15(22-2)18-16-9-13/h3-9,19H,1-2H3. The Kier molecular flexibility index (Phi) is 4.45. The van der Waals surface area contributed by atoms with Crippen molar-refractivity contribution >= 4 is 27.2 Å². The summed E-state index contributed by atoms with van der Waals surface area (Å²) >= 11 is 1.35. The van der Waals surface area contributed by atoms with Gasteiger partial charge in [0.1, 0.15) is 4.90 Å². The van der Waals surface area contributed by atoms with E-state index in [1.54, 1.807) is 18.3 Å². The largest absolute Gasteiger partial charge is 0.480 e. The van der Waals surface area contributed by atoms with Gasteiger partial charge in [-0.05, 0) is 47.8 Å². The molecule has 0 saturated heterocycles. The zero-order valence-corrected chi connectivity index (χ0v) is 14.6. The number of hydrogen-bond acceptors (Lipinski definition) is 7. The number of benzene rings is 1. The number of sulfonamides is 1. The number of ether oxygens (including phenoxy) is 1. The molecule has 0 fully saturated rings. The SMILES string of the molecule is COc1cc(S(=O)(=O)Nc2cc(C)cc(-c3ccns3)c2)cnn1. The minimum absolute atomic E-state index is 0.0183. The van der Waals surface area contributed by atoms with E-state index < -0.39 is 10.0 Å². The third kappa shape index (κ3) is 3.52. The molecule has 2 heterocycles. The van der Waals surface area contributed by atoms with Gasteiger partial charge in [0.2, 0.25) is 5.88 Å². The molecular weight excluding hydrogens is 348 g/mol. The molecule has 24 heavy (non-hydrogen) atoms. The molecule has 2 aromatic heterocycles. The Morgan fingerprint density at radius 2 is 2.04 bits per heavy atom. The fourth-order valence-corrected chi connectivity index (χ4v) is 3.71. The monoisotopic (exact) mass is 362 g/mol. The lowest BCUT2D eigenvalue weighted by Gasteiger charge is -2.10. The van der Waals surface area contributed by atoms with E-state index in [0.29, 0.717) is 5.69 Å². The maximum atomic E-state index is 12.5. The molecule has 0 aliphatic heterocycles. The van der Waals surface area contributed by atoms with Crippen molar-refractivity contribution in [2.75, 3.05) is 11.8 Å². The highest BCUT2D eigenvalue weighted by atomic mass is 32.2. The number of methoxy groups -OCH3 is 1. The second kappa shape index (κ2) is 6.54. The third-order valence-electron chi connectivity index (χ3n) is 3.18. The first-order valence-corrected chi connectivity index (χ1v) is 9.16. The average Bonchev–Trinajstić information content (AvgIpc) is 3.08. The molecule has 0 radical (unpaired) electrons. The van der Waals surface area contributed by atoms with Gasteiger partial charge in [-0.3, -0.25) is 4.72 Å². The van der Waals surface area contributed by atoms with Crippen molar-refractivity contribution in [1.29, 1.82) is 0 Å². The molecule has 3 rings (SSSR count). The normalized spacial score (nSPS) is 11.2. The first-order chi connectivity index (χ1) is 11.5. The van der Waals surface area contributed by atoms with Crippen LogP contribution in [0.4, 0.5) is 5.69 Å². The minimum Gasteiger partial charge on any atom is -0.480 e. The Balaban J connectivity index is 1.95. The Morgan fingerprint density at radius 3 is 2.75 bits per heavy atom. The third-order valence-corrected chi connectivity index (χ3v) is 5.32. The predicted octanol–water partition coefficient (Wildman–Crippen LogP) is 2.72. The Hall–Kier alpha value is -2.52. The predicted molar refractivity (Wildman–Crippen MR) is 91.7 cm³/mol. The molecule has 3 aromatic rings. The smallest absolute Gasteiger partial charge is 0.263 e. The topological polar surface area (TPSA) is 94.1 Å². The van der Waals surface area contributed by atoms with Crippen LogP contribution in [0.25, 0.3) is 10.4 Å². The lowest BCUT2D eigenvalue weighted by molar-refractivity contribution is 0.390. The summed E-state index contributed by atoms with van der Waals surface area (Å²) in [6, 6.07) is 8.70. The van der Waals surface area contributed by atoms with Gasteiger partial charge in [0.15, 0.2) is 0 Å². The molecule has 0 amide bonds. The molecule has 124 valence electrons. The Morgan fingerprint density at radius 1 is 1.21 bits per heavy atom. The van der Waals surface area contributed by atoms with Gasteiger partial charge in [0.25, 0.3) is 10.0 Å². The quantitative estimate of drug-likeness (QED) is 0.750. The molecule has 0 aliphatic carbocycles. The van der Waals surface area contributed by atoms with E-state index in [-0.39, 0.29) is 10.8 Å². The van der Waals surface area contributed by atoms with E-state index in [9.17, 15) is 8.42 Å². The summed E-state index contributed by atoms with van der Waals surface area (Å²) in [5.74, 6) is 0.132. The summed E-state index contributed by atoms with van der Waals surface area (Å²) < 4.78 is 36.6. The molecular formula is C15H14N4O3S2. The second-order valence-corrected chi connectivity index (χ2v) is 7.52. The van der Waals surface area contributed by atoms with E-state index in [4.69, 9.17) is 4.74 Å². The number of rotatable bonds is 5. The number of anilines is 1. The van der Waals surface area contributed by atoms with Crippen LogP contribution in [0.15, 0.2) is 47.6 Å². The zero-order valence-electron chi connectivity index (χ0n) is 12.9. The lowest BCUT2D eigenvalue weighted by Crippen LogP contribution is -2.14. The molecule has 0 unspecified atom stereocenters. The van der Waals surface area contributed by atoms with E-state index in [1.807, 2.05) is 19.1 Å². The Labute approximate surface area is 143 Å². The van der Waals surface area contributed by atoms with Crippen LogP contribution >= 0.6 is 11.5 Å². The van der Waals surface area contributed by atoms with Crippen LogP contribution in [0.1, 0.15) is 5.56 Å². The van der Waals surface area contributed by atoms with Crippen molar-refractivity contribution in [3.63, 3.8) is 0 Å². The molecule has 7 nitrogen and oxygen atoms in total. The molecule has 9 heteroatoms. The highest BCUT2D eigenvalue weighted by Crippen LogP contribution is 2.28. The number of aromatic nitrogens is 3. The lowest BCUT2D eigenvalue weighted by atomic mass is 10.1. The number of nitrogens with one attached hydrogen (secondary N) is 1. The van der Waals surface area contributed by atoms with Gasteiger partial charge in [-0.25, -0.2) is 12.8 Å². The number of aryl methyl sites for hydroxylation is 1. The Bertz CT molecular complexity index is 957. The van der Waals surface area contributed by atoms with E-state index in [0.717, 1.165) is 16.0 Å². The summed E-state index contributed by atoms with van der Waals surface area (Å²) in [4.78, 5) is 0.946. The summed E-state index contributed by atoms with van der Waals surface area (Å²) in [7, 11) is -2.39. The van der Waals surface area contributed by atoms with Gasteiger partial charge < -0.3 is 4.74 Å². The van der Waals surface area contributed by atoms with Crippen LogP contribution in [-0.2, 0) is 10.0 Å². The van der Waals surface area contributed by atoms with Crippen molar-refractivity contribution in [1.82, 2.24) is 14.6 Å². The van der Waals surface area contributed by atoms with Crippen LogP contribution in [0.3, 0.4) is 0 Å². The van der Waals surface area contributed by atoms with Crippen LogP contribution in [0.2, 0.25) is 0 Å². The van der Waals surface area contributed by atoms with Crippen molar-refractivity contribution in [3.05, 3.63) is 48.3 Å². The fraction of sp³-hybridized carbons (Fsp3) is 0.133. The summed E-state index contributed by atoms with van der Waals surface area (Å²) in [6.07, 6.45) is 2.88. The van der Waals surface area contributed by atoms with Gasteiger partial charge in [-0.15, -0.1) is 5.10 Å². The summed E-state index contributed by atoms with van der Waals surface area (Å²) in [5.41, 5.74) is 2.30.